The van der Waals surface area contributed by atoms with Gasteiger partial charge in [-0.25, -0.2) is 0 Å². The standard InChI is InChI=1S/C16H10N2OS/c19-15-14(11-6-2-1-3-7-11)20-16-12-8-4-5-9-13(12)17-10-18(15)16/h1-10H/p+1. The lowest BCUT2D eigenvalue weighted by molar-refractivity contribution is -0.520. The van der Waals surface area contributed by atoms with Crippen molar-refractivity contribution in [1.82, 2.24) is 4.98 Å². The van der Waals surface area contributed by atoms with Crippen LogP contribution in [0.4, 0.5) is 0 Å². The normalized spacial score (nSPS) is 11.2. The summed E-state index contributed by atoms with van der Waals surface area (Å²) in [6, 6.07) is 17.9. The Morgan fingerprint density at radius 2 is 1.70 bits per heavy atom. The summed E-state index contributed by atoms with van der Waals surface area (Å²) in [5.74, 6) is 0.245. The predicted octanol–water partition coefficient (Wildman–Crippen LogP) is 3.41. The van der Waals surface area contributed by atoms with E-state index in [1.165, 1.54) is 0 Å². The minimum Gasteiger partial charge on any atom is -0.476 e. The van der Waals surface area contributed by atoms with Crippen LogP contribution in [-0.2, 0) is 0 Å². The Hall–Kier alpha value is -2.46. The third-order valence-electron chi connectivity index (χ3n) is 3.33. The number of nitrogens with zero attached hydrogens (tertiary/aromatic N) is 2. The molecule has 4 aromatic rings. The van der Waals surface area contributed by atoms with Crippen molar-refractivity contribution in [2.45, 2.75) is 0 Å². The lowest BCUT2D eigenvalue weighted by atomic mass is 10.2. The van der Waals surface area contributed by atoms with E-state index in [-0.39, 0.29) is 5.88 Å². The molecule has 0 aliphatic heterocycles. The number of fused-ring (bicyclic) bond motifs is 3. The molecule has 0 amide bonds. The summed E-state index contributed by atoms with van der Waals surface area (Å²) in [7, 11) is 0. The van der Waals surface area contributed by atoms with Crippen LogP contribution in [0.25, 0.3) is 26.2 Å². The molecular weight excluding hydrogens is 268 g/mol. The fourth-order valence-electron chi connectivity index (χ4n) is 2.35. The van der Waals surface area contributed by atoms with Crippen LogP contribution in [0.2, 0.25) is 0 Å². The van der Waals surface area contributed by atoms with Gasteiger partial charge in [-0.05, 0) is 22.7 Å². The van der Waals surface area contributed by atoms with Crippen molar-refractivity contribution in [3.8, 4) is 16.3 Å². The third kappa shape index (κ3) is 1.58. The first-order valence-corrected chi connectivity index (χ1v) is 7.12. The van der Waals surface area contributed by atoms with E-state index in [4.69, 9.17) is 0 Å². The number of hydrogen-bond acceptors (Lipinski definition) is 3. The van der Waals surface area contributed by atoms with Crippen LogP contribution >= 0.6 is 11.3 Å². The molecule has 4 rings (SSSR count). The van der Waals surface area contributed by atoms with Gasteiger partial charge in [-0.2, -0.15) is 4.40 Å². The number of para-hydroxylation sites is 1. The maximum atomic E-state index is 10.4. The first-order valence-electron chi connectivity index (χ1n) is 6.31. The highest BCUT2D eigenvalue weighted by Crippen LogP contribution is 2.35. The summed E-state index contributed by atoms with van der Waals surface area (Å²) in [5.41, 5.74) is 1.95. The molecule has 0 fully saturated rings. The van der Waals surface area contributed by atoms with Crippen LogP contribution in [0.1, 0.15) is 0 Å². The van der Waals surface area contributed by atoms with Crippen LogP contribution in [-0.4, -0.2) is 10.1 Å². The summed E-state index contributed by atoms with van der Waals surface area (Å²) in [6.07, 6.45) is 1.68. The highest BCUT2D eigenvalue weighted by molar-refractivity contribution is 7.21. The van der Waals surface area contributed by atoms with Gasteiger partial charge >= 0.3 is 5.88 Å². The van der Waals surface area contributed by atoms with E-state index in [2.05, 4.69) is 4.98 Å². The van der Waals surface area contributed by atoms with Gasteiger partial charge in [0.25, 0.3) is 6.33 Å². The quantitative estimate of drug-likeness (QED) is 0.542. The molecule has 0 aliphatic rings. The Balaban J connectivity index is 2.10. The topological polar surface area (TPSA) is 37.2 Å². The van der Waals surface area contributed by atoms with Gasteiger partial charge in [0, 0.05) is 0 Å². The highest BCUT2D eigenvalue weighted by atomic mass is 32.1. The van der Waals surface area contributed by atoms with Gasteiger partial charge in [-0.15, -0.1) is 0 Å². The minimum absolute atomic E-state index is 0.245. The maximum absolute atomic E-state index is 10.4. The molecule has 1 N–H and O–H groups in total. The Bertz CT molecular complexity index is 916. The molecule has 0 saturated carbocycles. The Morgan fingerprint density at radius 1 is 0.950 bits per heavy atom. The van der Waals surface area contributed by atoms with Gasteiger partial charge in [-0.3, -0.25) is 0 Å². The predicted molar refractivity (Wildman–Crippen MR) is 79.9 cm³/mol. The molecule has 0 spiro atoms. The Kier molecular flexibility index (Phi) is 2.44. The van der Waals surface area contributed by atoms with Crippen molar-refractivity contribution in [2.75, 3.05) is 0 Å². The van der Waals surface area contributed by atoms with E-state index in [1.807, 2.05) is 54.6 Å². The van der Waals surface area contributed by atoms with Gasteiger partial charge in [0.15, 0.2) is 5.52 Å². The van der Waals surface area contributed by atoms with Crippen LogP contribution in [0.3, 0.4) is 0 Å². The van der Waals surface area contributed by atoms with Gasteiger partial charge in [0.05, 0.1) is 5.39 Å². The molecular formula is C16H11N2OS+. The molecule has 0 bridgehead atoms. The number of benzene rings is 2. The van der Waals surface area contributed by atoms with Gasteiger partial charge in [-0.1, -0.05) is 53.8 Å². The second kappa shape index (κ2) is 4.28. The molecule has 0 unspecified atom stereocenters. The average Bonchev–Trinajstić information content (AvgIpc) is 2.86. The zero-order valence-electron chi connectivity index (χ0n) is 10.5. The van der Waals surface area contributed by atoms with E-state index < -0.39 is 0 Å². The molecule has 0 aliphatic carbocycles. The zero-order valence-corrected chi connectivity index (χ0v) is 11.3. The van der Waals surface area contributed by atoms with Gasteiger partial charge in [0.1, 0.15) is 4.88 Å². The van der Waals surface area contributed by atoms with Crippen LogP contribution < -0.4 is 4.40 Å². The Morgan fingerprint density at radius 3 is 2.55 bits per heavy atom. The smallest absolute Gasteiger partial charge is 0.306 e. The van der Waals surface area contributed by atoms with Crippen LogP contribution in [0, 0.1) is 0 Å². The van der Waals surface area contributed by atoms with Gasteiger partial charge in [0.2, 0.25) is 4.83 Å². The molecule has 0 atom stereocenters. The monoisotopic (exact) mass is 279 g/mol. The van der Waals surface area contributed by atoms with Crippen LogP contribution in [0.5, 0.6) is 5.88 Å². The molecule has 2 aromatic heterocycles. The summed E-state index contributed by atoms with van der Waals surface area (Å²) in [4.78, 5) is 6.26. The lowest BCUT2D eigenvalue weighted by Crippen LogP contribution is -2.19. The van der Waals surface area contributed by atoms with E-state index >= 15 is 0 Å². The first kappa shape index (κ1) is 11.4. The van der Waals surface area contributed by atoms with Crippen LogP contribution in [0.15, 0.2) is 60.9 Å². The fourth-order valence-corrected chi connectivity index (χ4v) is 3.50. The summed E-state index contributed by atoms with van der Waals surface area (Å²) >= 11 is 1.58. The second-order valence-corrected chi connectivity index (χ2v) is 5.56. The summed E-state index contributed by atoms with van der Waals surface area (Å²) in [6.45, 7) is 0. The SMILES string of the molecule is Oc1c(-c2ccccc2)sc2c3ccccc3nc[n+]12. The molecule has 20 heavy (non-hydrogen) atoms. The third-order valence-corrected chi connectivity index (χ3v) is 4.56. The number of rotatable bonds is 1. The molecule has 2 heterocycles. The zero-order chi connectivity index (χ0) is 13.5. The fraction of sp³-hybridized carbons (Fsp3) is 0. The number of aromatic nitrogens is 2. The molecule has 2 aromatic carbocycles. The minimum atomic E-state index is 0.245. The largest absolute Gasteiger partial charge is 0.476 e. The highest BCUT2D eigenvalue weighted by Gasteiger charge is 2.20. The van der Waals surface area contributed by atoms with Crippen molar-refractivity contribution in [3.63, 3.8) is 0 Å². The van der Waals surface area contributed by atoms with E-state index in [1.54, 1.807) is 22.1 Å². The summed E-state index contributed by atoms with van der Waals surface area (Å²) < 4.78 is 1.75. The second-order valence-electron chi connectivity index (χ2n) is 4.56. The molecule has 4 heteroatoms. The number of thiazole rings is 1. The molecule has 3 nitrogen and oxygen atoms in total. The van der Waals surface area contributed by atoms with E-state index in [0.717, 1.165) is 26.2 Å². The van der Waals surface area contributed by atoms with E-state index in [9.17, 15) is 5.11 Å². The Labute approximate surface area is 119 Å². The van der Waals surface area contributed by atoms with Crippen molar-refractivity contribution in [2.24, 2.45) is 0 Å². The molecule has 96 valence electrons. The average molecular weight is 279 g/mol. The van der Waals surface area contributed by atoms with Crippen molar-refractivity contribution >= 4 is 27.1 Å². The molecule has 0 radical (unpaired) electrons. The van der Waals surface area contributed by atoms with Crippen molar-refractivity contribution in [1.29, 1.82) is 0 Å². The maximum Gasteiger partial charge on any atom is 0.306 e. The van der Waals surface area contributed by atoms with Gasteiger partial charge < -0.3 is 5.11 Å². The van der Waals surface area contributed by atoms with Crippen molar-refractivity contribution < 1.29 is 9.51 Å². The molecule has 0 saturated heterocycles. The lowest BCUT2D eigenvalue weighted by Gasteiger charge is -1.94. The van der Waals surface area contributed by atoms with E-state index in [0.29, 0.717) is 0 Å². The van der Waals surface area contributed by atoms with Crippen molar-refractivity contribution in [3.05, 3.63) is 60.9 Å². The summed E-state index contributed by atoms with van der Waals surface area (Å²) in [5, 5.41) is 11.5. The number of hydrogen-bond donors (Lipinski definition) is 1. The first-order chi connectivity index (χ1) is 9.84. The number of aromatic hydroxyl groups is 1.